The summed E-state index contributed by atoms with van der Waals surface area (Å²) in [6.07, 6.45) is 3.83. The lowest BCUT2D eigenvalue weighted by Crippen LogP contribution is -2.19. The van der Waals surface area contributed by atoms with Crippen molar-refractivity contribution in [1.82, 2.24) is 4.98 Å². The zero-order chi connectivity index (χ0) is 14.4. The van der Waals surface area contributed by atoms with Gasteiger partial charge in [-0.25, -0.2) is 4.98 Å². The summed E-state index contributed by atoms with van der Waals surface area (Å²) in [6, 6.07) is 7.91. The normalized spacial score (nSPS) is 13.8. The molecule has 0 atom stereocenters. The van der Waals surface area contributed by atoms with Crippen molar-refractivity contribution in [2.24, 2.45) is 9.98 Å². The molecule has 1 aliphatic carbocycles. The largest absolute Gasteiger partial charge is 0.260 e. The average molecular weight is 287 g/mol. The lowest BCUT2D eigenvalue weighted by atomic mass is 10.3. The Hall–Kier alpha value is -1.55. The zero-order valence-electron chi connectivity index (χ0n) is 12.4. The number of hydrogen-bond donors (Lipinski definition) is 0. The molecule has 0 saturated carbocycles. The van der Waals surface area contributed by atoms with E-state index in [1.54, 1.807) is 0 Å². The first kappa shape index (κ1) is 14.9. The molecule has 0 bridgehead atoms. The third kappa shape index (κ3) is 3.51. The quantitative estimate of drug-likeness (QED) is 0.734. The van der Waals surface area contributed by atoms with Gasteiger partial charge in [-0.15, -0.1) is 11.3 Å². The van der Waals surface area contributed by atoms with Crippen LogP contribution in [0.1, 0.15) is 35.8 Å². The molecule has 0 fully saturated rings. The first-order valence-corrected chi connectivity index (χ1v) is 8.04. The van der Waals surface area contributed by atoms with E-state index in [1.165, 1.54) is 34.8 Å². The molecule has 1 aromatic carbocycles. The Morgan fingerprint density at radius 1 is 1.00 bits per heavy atom. The highest BCUT2D eigenvalue weighted by atomic mass is 32.1. The molecule has 2 aliphatic rings. The summed E-state index contributed by atoms with van der Waals surface area (Å²) in [5.41, 5.74) is 1.37. The second-order valence-electron chi connectivity index (χ2n) is 4.40. The molecule has 2 aromatic rings. The van der Waals surface area contributed by atoms with Crippen LogP contribution in [0.5, 0.6) is 0 Å². The van der Waals surface area contributed by atoms with Crippen molar-refractivity contribution >= 4 is 11.3 Å². The minimum atomic E-state index is 0.610. The van der Waals surface area contributed by atoms with Crippen LogP contribution in [-0.4, -0.2) is 11.7 Å². The molecule has 2 heterocycles. The van der Waals surface area contributed by atoms with Gasteiger partial charge in [0.2, 0.25) is 0 Å². The molecule has 4 rings (SSSR count). The summed E-state index contributed by atoms with van der Waals surface area (Å²) in [6.45, 7) is 6.70. The number of benzene rings is 1. The van der Waals surface area contributed by atoms with Crippen LogP contribution in [0.4, 0.5) is 0 Å². The molecule has 4 heteroatoms. The first-order valence-electron chi connectivity index (χ1n) is 7.22. The Bertz CT molecular complexity index is 619. The smallest absolute Gasteiger partial charge is 0.130 e. The van der Waals surface area contributed by atoms with E-state index in [0.717, 1.165) is 10.7 Å². The van der Waals surface area contributed by atoms with E-state index >= 15 is 0 Å². The summed E-state index contributed by atoms with van der Waals surface area (Å²) < 4.78 is 0. The van der Waals surface area contributed by atoms with Gasteiger partial charge in [0.15, 0.2) is 0 Å². The Balaban J connectivity index is 0.000000131. The van der Waals surface area contributed by atoms with Crippen LogP contribution in [0.15, 0.2) is 34.3 Å². The number of thiazole rings is 1. The van der Waals surface area contributed by atoms with E-state index < -0.39 is 0 Å². The summed E-state index contributed by atoms with van der Waals surface area (Å²) >= 11 is 1.87. The number of hydrogen-bond acceptors (Lipinski definition) is 4. The Kier molecular flexibility index (Phi) is 5.41. The number of aromatic nitrogens is 1. The van der Waals surface area contributed by atoms with Gasteiger partial charge < -0.3 is 0 Å². The van der Waals surface area contributed by atoms with Gasteiger partial charge in [-0.05, 0) is 38.3 Å². The van der Waals surface area contributed by atoms with Crippen molar-refractivity contribution in [2.75, 3.05) is 6.67 Å². The molecule has 0 spiro atoms. The van der Waals surface area contributed by atoms with Crippen molar-refractivity contribution in [3.05, 3.63) is 50.6 Å². The number of aryl methyl sites for hydroxylation is 3. The van der Waals surface area contributed by atoms with Crippen molar-refractivity contribution in [1.29, 1.82) is 0 Å². The molecule has 106 valence electrons. The van der Waals surface area contributed by atoms with Crippen LogP contribution in [0.25, 0.3) is 0 Å². The van der Waals surface area contributed by atoms with Crippen LogP contribution < -0.4 is 10.7 Å². The molecular weight excluding hydrogens is 266 g/mol. The maximum atomic E-state index is 4.41. The highest BCUT2D eigenvalue weighted by Crippen LogP contribution is 2.26. The second-order valence-corrected chi connectivity index (χ2v) is 5.69. The van der Waals surface area contributed by atoms with Gasteiger partial charge in [-0.3, -0.25) is 9.98 Å². The Morgan fingerprint density at radius 2 is 1.65 bits per heavy atom. The van der Waals surface area contributed by atoms with E-state index in [4.69, 9.17) is 0 Å². The Morgan fingerprint density at radius 3 is 2.25 bits per heavy atom. The molecule has 0 N–H and O–H groups in total. The number of rotatable bonds is 0. The van der Waals surface area contributed by atoms with Gasteiger partial charge in [0.1, 0.15) is 6.67 Å². The van der Waals surface area contributed by atoms with Crippen molar-refractivity contribution in [2.45, 2.75) is 40.0 Å². The van der Waals surface area contributed by atoms with Gasteiger partial charge in [-0.1, -0.05) is 26.0 Å². The summed E-state index contributed by atoms with van der Waals surface area (Å²) in [4.78, 5) is 14.2. The lowest BCUT2D eigenvalue weighted by Gasteiger charge is -1.80. The fraction of sp³-hybridized carbons (Fsp3) is 0.438. The van der Waals surface area contributed by atoms with E-state index in [2.05, 4.69) is 21.9 Å². The summed E-state index contributed by atoms with van der Waals surface area (Å²) in [5, 5.41) is 3.29. The summed E-state index contributed by atoms with van der Waals surface area (Å²) in [7, 11) is 0. The number of para-hydroxylation sites is 2. The fourth-order valence-electron chi connectivity index (χ4n) is 2.24. The van der Waals surface area contributed by atoms with Crippen molar-refractivity contribution in [3.8, 4) is 0 Å². The number of fused-ring (bicyclic) bond motifs is 2. The molecule has 20 heavy (non-hydrogen) atoms. The molecule has 0 amide bonds. The van der Waals surface area contributed by atoms with E-state index in [9.17, 15) is 0 Å². The second kappa shape index (κ2) is 7.29. The SMILES string of the molecule is CC.Cc1nc2c(s1)CCC2.c1ccc2c(c1)=NCN=2. The van der Waals surface area contributed by atoms with Crippen LogP contribution >= 0.6 is 11.3 Å². The summed E-state index contributed by atoms with van der Waals surface area (Å²) in [5.74, 6) is 0. The monoisotopic (exact) mass is 287 g/mol. The maximum absolute atomic E-state index is 4.41. The van der Waals surface area contributed by atoms with Crippen LogP contribution in [0.2, 0.25) is 0 Å². The highest BCUT2D eigenvalue weighted by molar-refractivity contribution is 7.11. The first-order chi connectivity index (χ1) is 9.83. The average Bonchev–Trinajstić information content (AvgIpc) is 3.16. The molecule has 1 aliphatic heterocycles. The third-order valence-electron chi connectivity index (χ3n) is 3.07. The van der Waals surface area contributed by atoms with Crippen LogP contribution in [0, 0.1) is 6.92 Å². The van der Waals surface area contributed by atoms with Crippen LogP contribution in [0.3, 0.4) is 0 Å². The minimum Gasteiger partial charge on any atom is -0.260 e. The fourth-order valence-corrected chi connectivity index (χ4v) is 3.26. The standard InChI is InChI=1S/C7H6N2.C7H9NS.C2H6/c1-2-4-7-6(3-1)8-5-9-7;1-5-8-6-3-2-4-7(6)9-5;1-2/h1-4H,5H2;2-4H2,1H3;1-2H3. The highest BCUT2D eigenvalue weighted by Gasteiger charge is 2.14. The lowest BCUT2D eigenvalue weighted by molar-refractivity contribution is 0.896. The predicted molar refractivity (Wildman–Crippen MR) is 83.8 cm³/mol. The van der Waals surface area contributed by atoms with E-state index in [0.29, 0.717) is 6.67 Å². The Labute approximate surface area is 124 Å². The topological polar surface area (TPSA) is 37.6 Å². The maximum Gasteiger partial charge on any atom is 0.130 e. The minimum absolute atomic E-state index is 0.610. The van der Waals surface area contributed by atoms with Gasteiger partial charge in [0.25, 0.3) is 0 Å². The molecule has 0 unspecified atom stereocenters. The molecule has 3 nitrogen and oxygen atoms in total. The third-order valence-corrected chi connectivity index (χ3v) is 4.14. The van der Waals surface area contributed by atoms with Gasteiger partial charge in [0, 0.05) is 4.88 Å². The van der Waals surface area contributed by atoms with Crippen molar-refractivity contribution in [3.63, 3.8) is 0 Å². The van der Waals surface area contributed by atoms with Gasteiger partial charge >= 0.3 is 0 Å². The molecule has 0 radical (unpaired) electrons. The van der Waals surface area contributed by atoms with Crippen LogP contribution in [-0.2, 0) is 12.8 Å². The number of nitrogens with zero attached hydrogens (tertiary/aromatic N) is 3. The zero-order valence-corrected chi connectivity index (χ0v) is 13.2. The molecule has 1 aromatic heterocycles. The van der Waals surface area contributed by atoms with Gasteiger partial charge in [0.05, 0.1) is 21.4 Å². The van der Waals surface area contributed by atoms with Crippen molar-refractivity contribution < 1.29 is 0 Å². The molecular formula is C16H21N3S. The molecule has 0 saturated heterocycles. The van der Waals surface area contributed by atoms with Gasteiger partial charge in [-0.2, -0.15) is 0 Å². The van der Waals surface area contributed by atoms with E-state index in [-0.39, 0.29) is 0 Å². The predicted octanol–water partition coefficient (Wildman–Crippen LogP) is 2.86. The van der Waals surface area contributed by atoms with E-state index in [1.807, 2.05) is 49.4 Å².